The maximum Gasteiger partial charge on any atom is 0.336 e. The number of H-pyrrole nitrogens is 1. The molecule has 0 saturated carbocycles. The molecule has 0 saturated heterocycles. The fourth-order valence-corrected chi connectivity index (χ4v) is 2.93. The number of anilines is 2. The molecule has 0 aliphatic heterocycles. The minimum atomic E-state index is -0.967. The molecule has 0 aliphatic carbocycles. The summed E-state index contributed by atoms with van der Waals surface area (Å²) in [6.45, 7) is 0. The van der Waals surface area contributed by atoms with Crippen LogP contribution in [0.15, 0.2) is 79.0 Å². The molecule has 0 aliphatic rings. The Hall–Kier alpha value is -3.86. The van der Waals surface area contributed by atoms with Gasteiger partial charge in [-0.05, 0) is 35.9 Å². The zero-order chi connectivity index (χ0) is 18.6. The molecule has 0 spiro atoms. The Morgan fingerprint density at radius 3 is 2.37 bits per heavy atom. The van der Waals surface area contributed by atoms with E-state index < -0.39 is 5.97 Å². The van der Waals surface area contributed by atoms with Crippen LogP contribution in [-0.2, 0) is 4.79 Å². The number of aliphatic carboxylic acids is 1. The number of carboxylic acid groups (broad SMARTS) is 1. The number of pyridine rings is 1. The number of hydrogen-bond acceptors (Lipinski definition) is 3. The third-order valence-electron chi connectivity index (χ3n) is 4.23. The third-order valence-corrected chi connectivity index (χ3v) is 4.23. The van der Waals surface area contributed by atoms with Gasteiger partial charge in [0, 0.05) is 22.8 Å². The lowest BCUT2D eigenvalue weighted by molar-refractivity contribution is -0.130. The van der Waals surface area contributed by atoms with Gasteiger partial charge in [-0.3, -0.25) is 0 Å². The van der Waals surface area contributed by atoms with Gasteiger partial charge >= 0.3 is 5.97 Å². The highest BCUT2D eigenvalue weighted by molar-refractivity contribution is 6.21. The average molecular weight is 355 g/mol. The molecule has 0 fully saturated rings. The largest absolute Gasteiger partial charge is 0.478 e. The van der Waals surface area contributed by atoms with Crippen molar-refractivity contribution in [2.24, 2.45) is 0 Å². The monoisotopic (exact) mass is 355 g/mol. The second-order valence-electron chi connectivity index (χ2n) is 6.06. The van der Waals surface area contributed by atoms with Crippen molar-refractivity contribution in [1.29, 1.82) is 0 Å². The number of rotatable bonds is 5. The molecule has 0 unspecified atom stereocenters. The maximum atomic E-state index is 11.7. The van der Waals surface area contributed by atoms with Crippen LogP contribution in [-0.4, -0.2) is 21.0 Å². The maximum absolute atomic E-state index is 11.7. The Kier molecular flexibility index (Phi) is 4.41. The summed E-state index contributed by atoms with van der Waals surface area (Å²) < 4.78 is 0. The number of para-hydroxylation sites is 1. The van der Waals surface area contributed by atoms with E-state index in [1.807, 2.05) is 60.7 Å². The first-order valence-electron chi connectivity index (χ1n) is 8.51. The highest BCUT2D eigenvalue weighted by Crippen LogP contribution is 2.25. The number of nitrogens with one attached hydrogen (secondary N) is 2. The average Bonchev–Trinajstić information content (AvgIpc) is 3.09. The fraction of sp³-hybridized carbons (Fsp3) is 0. The standard InChI is InChI=1S/C22H17N3O2/c26-22(27)19(15-7-3-1-4-8-15)13-16-14-23-21-18(16)11-12-20(25-21)24-17-9-5-2-6-10-17/h1-14H,(H,26,27)(H2,23,24,25). The first kappa shape index (κ1) is 16.6. The minimum absolute atomic E-state index is 0.239. The molecule has 132 valence electrons. The van der Waals surface area contributed by atoms with Crippen LogP contribution in [0.1, 0.15) is 11.1 Å². The van der Waals surface area contributed by atoms with Gasteiger partial charge in [-0.2, -0.15) is 0 Å². The molecule has 2 aromatic carbocycles. The van der Waals surface area contributed by atoms with E-state index in [1.165, 1.54) is 0 Å². The van der Waals surface area contributed by atoms with E-state index in [-0.39, 0.29) is 5.57 Å². The molecular formula is C22H17N3O2. The molecule has 2 heterocycles. The van der Waals surface area contributed by atoms with Crippen molar-refractivity contribution >= 4 is 40.2 Å². The van der Waals surface area contributed by atoms with Gasteiger partial charge < -0.3 is 15.4 Å². The summed E-state index contributed by atoms with van der Waals surface area (Å²) in [5.74, 6) is -0.251. The van der Waals surface area contributed by atoms with Crippen LogP contribution in [0.3, 0.4) is 0 Å². The number of carbonyl (C=O) groups is 1. The molecule has 4 rings (SSSR count). The van der Waals surface area contributed by atoms with Gasteiger partial charge in [-0.25, -0.2) is 9.78 Å². The first-order valence-corrected chi connectivity index (χ1v) is 8.51. The van der Waals surface area contributed by atoms with Crippen LogP contribution in [0.2, 0.25) is 0 Å². The molecule has 5 heteroatoms. The van der Waals surface area contributed by atoms with Gasteiger partial charge in [0.05, 0.1) is 5.57 Å². The van der Waals surface area contributed by atoms with Crippen LogP contribution >= 0.6 is 0 Å². The molecule has 4 aromatic rings. The number of carboxylic acids is 1. The van der Waals surface area contributed by atoms with Crippen molar-refractivity contribution < 1.29 is 9.90 Å². The van der Waals surface area contributed by atoms with Gasteiger partial charge in [0.25, 0.3) is 0 Å². The molecule has 0 atom stereocenters. The molecule has 2 aromatic heterocycles. The second-order valence-corrected chi connectivity index (χ2v) is 6.06. The van der Waals surface area contributed by atoms with E-state index in [1.54, 1.807) is 24.4 Å². The van der Waals surface area contributed by atoms with Crippen LogP contribution in [0.5, 0.6) is 0 Å². The highest BCUT2D eigenvalue weighted by Gasteiger charge is 2.12. The summed E-state index contributed by atoms with van der Waals surface area (Å²) in [6, 6.07) is 22.7. The number of fused-ring (bicyclic) bond motifs is 1. The molecule has 27 heavy (non-hydrogen) atoms. The lowest BCUT2D eigenvalue weighted by Crippen LogP contribution is -1.99. The van der Waals surface area contributed by atoms with Crippen LogP contribution in [0.25, 0.3) is 22.7 Å². The number of aromatic nitrogens is 2. The second kappa shape index (κ2) is 7.17. The van der Waals surface area contributed by atoms with Crippen LogP contribution in [0.4, 0.5) is 11.5 Å². The number of hydrogen-bond donors (Lipinski definition) is 3. The lowest BCUT2D eigenvalue weighted by atomic mass is 10.0. The SMILES string of the molecule is O=C(O)C(=Cc1c[nH]c2nc(Nc3ccccc3)ccc12)c1ccccc1. The van der Waals surface area contributed by atoms with E-state index in [4.69, 9.17) is 0 Å². The summed E-state index contributed by atoms with van der Waals surface area (Å²) in [5.41, 5.74) is 3.33. The summed E-state index contributed by atoms with van der Waals surface area (Å²) in [6.07, 6.45) is 3.44. The van der Waals surface area contributed by atoms with Gasteiger partial charge in [0.15, 0.2) is 0 Å². The Balaban J connectivity index is 1.70. The van der Waals surface area contributed by atoms with Gasteiger partial charge in [0.1, 0.15) is 11.5 Å². The van der Waals surface area contributed by atoms with Gasteiger partial charge in [-0.1, -0.05) is 48.5 Å². The van der Waals surface area contributed by atoms with Crippen molar-refractivity contribution in [3.63, 3.8) is 0 Å². The van der Waals surface area contributed by atoms with E-state index in [2.05, 4.69) is 15.3 Å². The Labute approximate surface area is 156 Å². The number of aromatic amines is 1. The Morgan fingerprint density at radius 1 is 0.963 bits per heavy atom. The molecule has 5 nitrogen and oxygen atoms in total. The van der Waals surface area contributed by atoms with Gasteiger partial charge in [-0.15, -0.1) is 0 Å². The summed E-state index contributed by atoms with van der Waals surface area (Å²) in [5, 5.41) is 13.7. The third kappa shape index (κ3) is 3.57. The lowest BCUT2D eigenvalue weighted by Gasteiger charge is -2.05. The van der Waals surface area contributed by atoms with E-state index >= 15 is 0 Å². The first-order chi connectivity index (χ1) is 13.2. The Bertz CT molecular complexity index is 1120. The van der Waals surface area contributed by atoms with Crippen molar-refractivity contribution in [2.75, 3.05) is 5.32 Å². The van der Waals surface area contributed by atoms with Crippen molar-refractivity contribution in [2.45, 2.75) is 0 Å². The highest BCUT2D eigenvalue weighted by atomic mass is 16.4. The molecule has 0 bridgehead atoms. The topological polar surface area (TPSA) is 78.0 Å². The van der Waals surface area contributed by atoms with Crippen molar-refractivity contribution in [3.05, 3.63) is 90.1 Å². The fourth-order valence-electron chi connectivity index (χ4n) is 2.93. The zero-order valence-electron chi connectivity index (χ0n) is 14.4. The van der Waals surface area contributed by atoms with E-state index in [0.29, 0.717) is 17.0 Å². The molecule has 0 amide bonds. The summed E-state index contributed by atoms with van der Waals surface area (Å²) in [4.78, 5) is 19.4. The van der Waals surface area contributed by atoms with Crippen LogP contribution in [0, 0.1) is 0 Å². The minimum Gasteiger partial charge on any atom is -0.478 e. The molecule has 3 N–H and O–H groups in total. The van der Waals surface area contributed by atoms with Crippen LogP contribution < -0.4 is 5.32 Å². The quantitative estimate of drug-likeness (QED) is 0.444. The molecular weight excluding hydrogens is 338 g/mol. The van der Waals surface area contributed by atoms with E-state index in [0.717, 1.165) is 16.6 Å². The van der Waals surface area contributed by atoms with Gasteiger partial charge in [0.2, 0.25) is 0 Å². The number of benzene rings is 2. The van der Waals surface area contributed by atoms with Crippen molar-refractivity contribution in [3.8, 4) is 0 Å². The normalized spacial score (nSPS) is 11.5. The predicted octanol–water partition coefficient (Wildman–Crippen LogP) is 4.93. The van der Waals surface area contributed by atoms with E-state index in [9.17, 15) is 9.90 Å². The smallest absolute Gasteiger partial charge is 0.336 e. The van der Waals surface area contributed by atoms with Crippen molar-refractivity contribution in [1.82, 2.24) is 9.97 Å². The number of nitrogens with zero attached hydrogens (tertiary/aromatic N) is 1. The predicted molar refractivity (Wildman–Crippen MR) is 108 cm³/mol. The summed E-state index contributed by atoms with van der Waals surface area (Å²) in [7, 11) is 0. The zero-order valence-corrected chi connectivity index (χ0v) is 14.4. The Morgan fingerprint density at radius 2 is 1.67 bits per heavy atom. The summed E-state index contributed by atoms with van der Waals surface area (Å²) >= 11 is 0. The molecule has 0 radical (unpaired) electrons.